The molecule has 1 aromatic carbocycles. The number of hydrogen-bond acceptors (Lipinski definition) is 5. The second-order valence-corrected chi connectivity index (χ2v) is 9.46. The Hall–Kier alpha value is -1.49. The van der Waals surface area contributed by atoms with Crippen molar-refractivity contribution in [1.29, 1.82) is 0 Å². The highest BCUT2D eigenvalue weighted by molar-refractivity contribution is 7.89. The molecule has 23 heavy (non-hydrogen) atoms. The van der Waals surface area contributed by atoms with Crippen molar-refractivity contribution in [2.75, 3.05) is 20.1 Å². The fourth-order valence-corrected chi connectivity index (χ4v) is 4.65. The number of carboxylic acids is 1. The summed E-state index contributed by atoms with van der Waals surface area (Å²) in [6.07, 6.45) is 0.230. The maximum Gasteiger partial charge on any atom is 0.310 e. The van der Waals surface area contributed by atoms with Crippen LogP contribution in [0.3, 0.4) is 0 Å². The van der Waals surface area contributed by atoms with Crippen LogP contribution >= 0.6 is 0 Å². The molecule has 10 heteroatoms. The lowest BCUT2D eigenvalue weighted by Crippen LogP contribution is -2.34. The molecule has 0 aromatic heterocycles. The van der Waals surface area contributed by atoms with E-state index in [1.54, 1.807) is 0 Å². The van der Waals surface area contributed by atoms with Crippen molar-refractivity contribution in [3.8, 4) is 0 Å². The number of aliphatic carboxylic acids is 1. The summed E-state index contributed by atoms with van der Waals surface area (Å²) >= 11 is 0. The van der Waals surface area contributed by atoms with Crippen LogP contribution in [0.1, 0.15) is 13.3 Å². The van der Waals surface area contributed by atoms with Gasteiger partial charge in [-0.15, -0.1) is 0 Å². The van der Waals surface area contributed by atoms with E-state index in [2.05, 4.69) is 4.72 Å². The molecular formula is C13H18N2O6S2. The third-order valence-electron chi connectivity index (χ3n) is 4.00. The van der Waals surface area contributed by atoms with Gasteiger partial charge in [-0.05, 0) is 44.7 Å². The Bertz CT molecular complexity index is 817. The van der Waals surface area contributed by atoms with Gasteiger partial charge >= 0.3 is 5.97 Å². The molecular weight excluding hydrogens is 344 g/mol. The first-order valence-electron chi connectivity index (χ1n) is 6.80. The molecule has 1 aromatic rings. The Morgan fingerprint density at radius 2 is 1.70 bits per heavy atom. The van der Waals surface area contributed by atoms with E-state index in [4.69, 9.17) is 0 Å². The molecule has 2 rings (SSSR count). The molecule has 128 valence electrons. The molecule has 1 atom stereocenters. The topological polar surface area (TPSA) is 121 Å². The number of sulfonamides is 2. The van der Waals surface area contributed by atoms with E-state index in [1.807, 2.05) is 0 Å². The SMILES string of the molecule is CNS(=O)(=O)c1ccc(S(=O)(=O)N2CCC(C)(C(=O)O)C2)cc1. The van der Waals surface area contributed by atoms with Crippen LogP contribution in [0.4, 0.5) is 0 Å². The smallest absolute Gasteiger partial charge is 0.310 e. The molecule has 1 fully saturated rings. The fourth-order valence-electron chi connectivity index (χ4n) is 2.36. The third kappa shape index (κ3) is 3.25. The van der Waals surface area contributed by atoms with Crippen molar-refractivity contribution >= 4 is 26.0 Å². The van der Waals surface area contributed by atoms with E-state index >= 15 is 0 Å². The third-order valence-corrected chi connectivity index (χ3v) is 7.28. The van der Waals surface area contributed by atoms with Gasteiger partial charge in [-0.25, -0.2) is 21.6 Å². The summed E-state index contributed by atoms with van der Waals surface area (Å²) in [5.74, 6) is -1.04. The highest BCUT2D eigenvalue weighted by atomic mass is 32.2. The van der Waals surface area contributed by atoms with Crippen LogP contribution in [0.2, 0.25) is 0 Å². The molecule has 0 aliphatic carbocycles. The van der Waals surface area contributed by atoms with Gasteiger partial charge in [0.15, 0.2) is 0 Å². The first-order chi connectivity index (χ1) is 10.5. The van der Waals surface area contributed by atoms with E-state index in [9.17, 15) is 26.7 Å². The lowest BCUT2D eigenvalue weighted by atomic mass is 9.90. The molecule has 1 saturated heterocycles. The Morgan fingerprint density at radius 3 is 2.13 bits per heavy atom. The van der Waals surface area contributed by atoms with Crippen LogP contribution in [-0.4, -0.2) is 52.4 Å². The zero-order chi connectivity index (χ0) is 17.5. The van der Waals surface area contributed by atoms with Gasteiger partial charge in [-0.2, -0.15) is 4.31 Å². The monoisotopic (exact) mass is 362 g/mol. The molecule has 1 aliphatic heterocycles. The first kappa shape index (κ1) is 17.9. The van der Waals surface area contributed by atoms with Crippen LogP contribution in [0.15, 0.2) is 34.1 Å². The molecule has 2 N–H and O–H groups in total. The van der Waals surface area contributed by atoms with Crippen LogP contribution in [0, 0.1) is 5.41 Å². The number of carboxylic acid groups (broad SMARTS) is 1. The normalized spacial score (nSPS) is 23.0. The number of carbonyl (C=O) groups is 1. The summed E-state index contributed by atoms with van der Waals surface area (Å²) in [5, 5.41) is 9.18. The summed E-state index contributed by atoms with van der Waals surface area (Å²) in [6, 6.07) is 4.81. The number of hydrogen-bond donors (Lipinski definition) is 2. The van der Waals surface area contributed by atoms with E-state index < -0.39 is 31.4 Å². The Labute approximate surface area is 135 Å². The van der Waals surface area contributed by atoms with Crippen molar-refractivity contribution in [2.24, 2.45) is 5.41 Å². The highest BCUT2D eigenvalue weighted by Gasteiger charge is 2.44. The predicted octanol–water partition coefficient (Wildman–Crippen LogP) is 0.0800. The Balaban J connectivity index is 2.30. The summed E-state index contributed by atoms with van der Waals surface area (Å²) in [4.78, 5) is 11.1. The van der Waals surface area contributed by atoms with Crippen LogP contribution in [0.5, 0.6) is 0 Å². The van der Waals surface area contributed by atoms with Crippen molar-refractivity contribution in [1.82, 2.24) is 9.03 Å². The average molecular weight is 362 g/mol. The Morgan fingerprint density at radius 1 is 1.17 bits per heavy atom. The number of nitrogens with zero attached hydrogens (tertiary/aromatic N) is 1. The van der Waals surface area contributed by atoms with Gasteiger partial charge in [-0.3, -0.25) is 4.79 Å². The summed E-state index contributed by atoms with van der Waals surface area (Å²) in [6.45, 7) is 1.51. The van der Waals surface area contributed by atoms with Crippen molar-refractivity contribution in [3.05, 3.63) is 24.3 Å². The molecule has 0 spiro atoms. The maximum absolute atomic E-state index is 12.5. The van der Waals surface area contributed by atoms with Gasteiger partial charge in [0.1, 0.15) is 0 Å². The zero-order valence-electron chi connectivity index (χ0n) is 12.7. The number of nitrogens with one attached hydrogen (secondary N) is 1. The highest BCUT2D eigenvalue weighted by Crippen LogP contribution is 2.33. The van der Waals surface area contributed by atoms with Gasteiger partial charge < -0.3 is 5.11 Å². The average Bonchev–Trinajstić information content (AvgIpc) is 2.92. The summed E-state index contributed by atoms with van der Waals surface area (Å²) in [7, 11) is -6.24. The lowest BCUT2D eigenvalue weighted by molar-refractivity contribution is -0.146. The van der Waals surface area contributed by atoms with E-state index in [0.29, 0.717) is 0 Å². The molecule has 8 nitrogen and oxygen atoms in total. The van der Waals surface area contributed by atoms with Gasteiger partial charge in [0.25, 0.3) is 0 Å². The standard InChI is InChI=1S/C13H18N2O6S2/c1-13(12(16)17)7-8-15(9-13)23(20,21)11-5-3-10(4-6-11)22(18,19)14-2/h3-6,14H,7-9H2,1-2H3,(H,16,17). The molecule has 1 unspecified atom stereocenters. The van der Waals surface area contributed by atoms with Gasteiger partial charge in [-0.1, -0.05) is 0 Å². The van der Waals surface area contributed by atoms with Crippen molar-refractivity contribution < 1.29 is 26.7 Å². The quantitative estimate of drug-likeness (QED) is 0.765. The Kier molecular flexibility index (Phi) is 4.55. The molecule has 0 saturated carbocycles. The minimum Gasteiger partial charge on any atom is -0.481 e. The minimum absolute atomic E-state index is 0.0456. The van der Waals surface area contributed by atoms with Crippen LogP contribution < -0.4 is 4.72 Å². The van der Waals surface area contributed by atoms with E-state index in [-0.39, 0.29) is 29.3 Å². The molecule has 1 heterocycles. The van der Waals surface area contributed by atoms with Crippen LogP contribution in [0.25, 0.3) is 0 Å². The molecule has 1 aliphatic rings. The van der Waals surface area contributed by atoms with Gasteiger partial charge in [0.2, 0.25) is 20.0 Å². The molecule has 0 amide bonds. The van der Waals surface area contributed by atoms with E-state index in [1.165, 1.54) is 38.2 Å². The van der Waals surface area contributed by atoms with Gasteiger partial charge in [0, 0.05) is 13.1 Å². The van der Waals surface area contributed by atoms with Crippen molar-refractivity contribution in [2.45, 2.75) is 23.1 Å². The first-order valence-corrected chi connectivity index (χ1v) is 9.72. The van der Waals surface area contributed by atoms with Crippen molar-refractivity contribution in [3.63, 3.8) is 0 Å². The van der Waals surface area contributed by atoms with Crippen LogP contribution in [-0.2, 0) is 24.8 Å². The zero-order valence-corrected chi connectivity index (χ0v) is 14.3. The predicted molar refractivity (Wildman–Crippen MR) is 81.8 cm³/mol. The summed E-state index contributed by atoms with van der Waals surface area (Å²) in [5.41, 5.74) is -1.11. The number of benzene rings is 1. The second-order valence-electron chi connectivity index (χ2n) is 5.63. The summed E-state index contributed by atoms with van der Waals surface area (Å²) < 4.78 is 51.6. The lowest BCUT2D eigenvalue weighted by Gasteiger charge is -2.20. The van der Waals surface area contributed by atoms with Gasteiger partial charge in [0.05, 0.1) is 15.2 Å². The van der Waals surface area contributed by atoms with E-state index in [0.717, 1.165) is 4.31 Å². The number of rotatable bonds is 5. The largest absolute Gasteiger partial charge is 0.481 e. The second kappa shape index (κ2) is 5.86. The fraction of sp³-hybridized carbons (Fsp3) is 0.462. The molecule has 0 bridgehead atoms. The maximum atomic E-state index is 12.5. The molecule has 0 radical (unpaired) electrons. The minimum atomic E-state index is -3.86.